The molecular formula is C69H137N2O6P. The van der Waals surface area contributed by atoms with Crippen LogP contribution in [0.4, 0.5) is 0 Å². The summed E-state index contributed by atoms with van der Waals surface area (Å²) in [7, 11) is 1.32. The number of carbonyl (C=O) groups is 1. The van der Waals surface area contributed by atoms with Gasteiger partial charge in [0.05, 0.1) is 39.9 Å². The molecule has 0 bridgehead atoms. The molecule has 0 fully saturated rings. The van der Waals surface area contributed by atoms with Gasteiger partial charge in [0.25, 0.3) is 7.82 Å². The number of hydrogen-bond donors (Lipinski definition) is 2. The van der Waals surface area contributed by atoms with Gasteiger partial charge in [-0.15, -0.1) is 0 Å². The second-order valence-corrected chi connectivity index (χ2v) is 26.7. The predicted molar refractivity (Wildman–Crippen MR) is 339 cm³/mol. The maximum absolute atomic E-state index is 13.1. The number of nitrogens with one attached hydrogen (secondary N) is 1. The van der Waals surface area contributed by atoms with Crippen molar-refractivity contribution in [1.29, 1.82) is 0 Å². The minimum absolute atomic E-state index is 0.0150. The van der Waals surface area contributed by atoms with Crippen LogP contribution in [0.25, 0.3) is 0 Å². The first-order valence-electron chi connectivity index (χ1n) is 34.7. The molecule has 3 unspecified atom stereocenters. The Morgan fingerprint density at radius 3 is 1.06 bits per heavy atom. The SMILES string of the molecule is CCCCCCC/C=C\C/C=C\CCCCCCCCCCCCCCCCCCCCCC(=O)NC(COP(=O)([O-])OCC[N+](C)(C)C)C(O)CCCCCCCCCCCCCCCCCCCCCCCCCCC. The van der Waals surface area contributed by atoms with Gasteiger partial charge in [-0.1, -0.05) is 334 Å². The molecule has 78 heavy (non-hydrogen) atoms. The highest BCUT2D eigenvalue weighted by molar-refractivity contribution is 7.45. The summed E-state index contributed by atoms with van der Waals surface area (Å²) in [5, 5.41) is 14.1. The molecule has 0 aromatic heterocycles. The minimum atomic E-state index is -4.58. The Bertz CT molecular complexity index is 1320. The molecule has 1 amide bonds. The summed E-state index contributed by atoms with van der Waals surface area (Å²) >= 11 is 0. The molecule has 0 saturated carbocycles. The highest BCUT2D eigenvalue weighted by Crippen LogP contribution is 2.38. The number of quaternary nitrogens is 1. The Hall–Kier alpha value is -1.02. The topological polar surface area (TPSA) is 108 Å². The van der Waals surface area contributed by atoms with Gasteiger partial charge < -0.3 is 28.8 Å². The quantitative estimate of drug-likeness (QED) is 0.0272. The zero-order valence-corrected chi connectivity index (χ0v) is 54.0. The van der Waals surface area contributed by atoms with E-state index in [1.807, 2.05) is 21.1 Å². The lowest BCUT2D eigenvalue weighted by Gasteiger charge is -2.30. The maximum Gasteiger partial charge on any atom is 0.268 e. The number of allylic oxidation sites excluding steroid dienone is 4. The number of hydrogen-bond acceptors (Lipinski definition) is 6. The van der Waals surface area contributed by atoms with Gasteiger partial charge >= 0.3 is 0 Å². The molecule has 464 valence electrons. The van der Waals surface area contributed by atoms with E-state index >= 15 is 0 Å². The lowest BCUT2D eigenvalue weighted by Crippen LogP contribution is -2.46. The van der Waals surface area contributed by atoms with E-state index in [-0.39, 0.29) is 19.1 Å². The third-order valence-corrected chi connectivity index (χ3v) is 17.2. The van der Waals surface area contributed by atoms with Crippen molar-refractivity contribution in [3.05, 3.63) is 24.3 Å². The minimum Gasteiger partial charge on any atom is -0.756 e. The van der Waals surface area contributed by atoms with Gasteiger partial charge in [-0.3, -0.25) is 9.36 Å². The lowest BCUT2D eigenvalue weighted by molar-refractivity contribution is -0.870. The molecule has 0 aliphatic heterocycles. The van der Waals surface area contributed by atoms with Gasteiger partial charge in [0.1, 0.15) is 13.2 Å². The van der Waals surface area contributed by atoms with Gasteiger partial charge in [0.15, 0.2) is 0 Å². The average Bonchev–Trinajstić information content (AvgIpc) is 3.41. The van der Waals surface area contributed by atoms with Crippen molar-refractivity contribution in [2.75, 3.05) is 40.9 Å². The number of phosphoric acid groups is 1. The highest BCUT2D eigenvalue weighted by Gasteiger charge is 2.24. The van der Waals surface area contributed by atoms with Gasteiger partial charge in [0, 0.05) is 6.42 Å². The second-order valence-electron chi connectivity index (χ2n) is 25.2. The molecule has 3 atom stereocenters. The molecule has 0 aliphatic carbocycles. The fraction of sp³-hybridized carbons (Fsp3) is 0.928. The zero-order chi connectivity index (χ0) is 57.0. The van der Waals surface area contributed by atoms with E-state index in [1.54, 1.807) is 0 Å². The van der Waals surface area contributed by atoms with E-state index in [1.165, 1.54) is 289 Å². The Morgan fingerprint density at radius 1 is 0.449 bits per heavy atom. The van der Waals surface area contributed by atoms with Crippen LogP contribution >= 0.6 is 7.82 Å². The second kappa shape index (κ2) is 60.6. The van der Waals surface area contributed by atoms with Crippen LogP contribution in [0.2, 0.25) is 0 Å². The fourth-order valence-corrected chi connectivity index (χ4v) is 11.5. The smallest absolute Gasteiger partial charge is 0.268 e. The molecular weight excluding hydrogens is 984 g/mol. The van der Waals surface area contributed by atoms with Crippen molar-refractivity contribution < 1.29 is 32.9 Å². The Morgan fingerprint density at radius 2 is 0.744 bits per heavy atom. The Kier molecular flexibility index (Phi) is 59.8. The van der Waals surface area contributed by atoms with Crippen molar-refractivity contribution in [3.8, 4) is 0 Å². The van der Waals surface area contributed by atoms with E-state index in [9.17, 15) is 19.4 Å². The zero-order valence-electron chi connectivity index (χ0n) is 53.2. The van der Waals surface area contributed by atoms with Crippen molar-refractivity contribution in [3.63, 3.8) is 0 Å². The highest BCUT2D eigenvalue weighted by atomic mass is 31.2. The summed E-state index contributed by atoms with van der Waals surface area (Å²) in [5.41, 5.74) is 0. The predicted octanol–water partition coefficient (Wildman–Crippen LogP) is 21.3. The number of nitrogens with zero attached hydrogens (tertiary/aromatic N) is 1. The van der Waals surface area contributed by atoms with Crippen LogP contribution in [0.1, 0.15) is 361 Å². The number of carbonyl (C=O) groups excluding carboxylic acids is 1. The fourth-order valence-electron chi connectivity index (χ4n) is 10.8. The molecule has 0 spiro atoms. The summed E-state index contributed by atoms with van der Waals surface area (Å²) in [4.78, 5) is 25.7. The Labute approximate surface area is 487 Å². The summed E-state index contributed by atoms with van der Waals surface area (Å²) < 4.78 is 23.5. The van der Waals surface area contributed by atoms with Gasteiger partial charge in [-0.25, -0.2) is 0 Å². The number of likely N-dealkylation sites (N-methyl/N-ethyl adjacent to an activating group) is 1. The van der Waals surface area contributed by atoms with Crippen LogP contribution in [0.15, 0.2) is 24.3 Å². The molecule has 0 saturated heterocycles. The molecule has 0 aromatic rings. The van der Waals surface area contributed by atoms with E-state index in [0.717, 1.165) is 44.9 Å². The number of aliphatic hydroxyl groups excluding tert-OH is 1. The van der Waals surface area contributed by atoms with E-state index < -0.39 is 20.0 Å². The maximum atomic E-state index is 13.1. The first kappa shape index (κ1) is 77.0. The van der Waals surface area contributed by atoms with Crippen molar-refractivity contribution in [1.82, 2.24) is 5.32 Å². The number of rotatable bonds is 65. The van der Waals surface area contributed by atoms with Crippen LogP contribution in [0.3, 0.4) is 0 Å². The summed E-state index contributed by atoms with van der Waals surface area (Å²) in [6, 6.07) is -0.799. The van der Waals surface area contributed by atoms with Crippen molar-refractivity contribution in [2.45, 2.75) is 373 Å². The first-order valence-corrected chi connectivity index (χ1v) is 36.1. The average molecular weight is 1120 g/mol. The normalized spacial score (nSPS) is 13.8. The standard InChI is InChI=1S/C69H137N2O6P/c1-6-8-10-12-14-16-18-20-22-24-26-28-30-32-33-34-35-36-37-39-41-43-45-47-49-51-53-55-57-59-61-63-69(73)70-67(66-77-78(74,75)76-65-64-71(3,4)5)68(72)62-60-58-56-54-52-50-48-46-44-42-40-38-31-29-27-25-23-21-19-17-15-13-11-9-7-2/h18,20,24,26,67-68,72H,6-17,19,21-23,25,27-66H2,1-5H3,(H-,70,73,74,75)/b20-18-,26-24-. The lowest BCUT2D eigenvalue weighted by atomic mass is 10.0. The van der Waals surface area contributed by atoms with Crippen LogP contribution in [0, 0.1) is 0 Å². The third-order valence-electron chi connectivity index (χ3n) is 16.2. The number of amides is 1. The molecule has 0 rings (SSSR count). The summed E-state index contributed by atoms with van der Waals surface area (Å²) in [5.74, 6) is -0.156. The molecule has 8 nitrogen and oxygen atoms in total. The summed E-state index contributed by atoms with van der Waals surface area (Å²) in [6.45, 7) is 4.77. The largest absolute Gasteiger partial charge is 0.756 e. The molecule has 2 N–H and O–H groups in total. The van der Waals surface area contributed by atoms with E-state index in [0.29, 0.717) is 23.9 Å². The molecule has 9 heteroatoms. The van der Waals surface area contributed by atoms with Crippen LogP contribution < -0.4 is 10.2 Å². The van der Waals surface area contributed by atoms with E-state index in [2.05, 4.69) is 43.5 Å². The molecule has 0 heterocycles. The van der Waals surface area contributed by atoms with Crippen molar-refractivity contribution in [2.24, 2.45) is 0 Å². The Balaban J connectivity index is 4.00. The number of phosphoric ester groups is 1. The molecule has 0 aliphatic rings. The molecule has 0 radical (unpaired) electrons. The molecule has 0 aromatic carbocycles. The third kappa shape index (κ3) is 62.6. The van der Waals surface area contributed by atoms with Crippen LogP contribution in [0.5, 0.6) is 0 Å². The van der Waals surface area contributed by atoms with Crippen LogP contribution in [-0.2, 0) is 18.4 Å². The van der Waals surface area contributed by atoms with Gasteiger partial charge in [-0.2, -0.15) is 0 Å². The van der Waals surface area contributed by atoms with E-state index in [4.69, 9.17) is 9.05 Å². The summed E-state index contributed by atoms with van der Waals surface area (Å²) in [6.07, 6.45) is 78.2. The monoisotopic (exact) mass is 1120 g/mol. The van der Waals surface area contributed by atoms with Gasteiger partial charge in [-0.05, 0) is 44.9 Å². The van der Waals surface area contributed by atoms with Crippen molar-refractivity contribution >= 4 is 13.7 Å². The van der Waals surface area contributed by atoms with Crippen LogP contribution in [-0.4, -0.2) is 68.5 Å². The van der Waals surface area contributed by atoms with Gasteiger partial charge in [0.2, 0.25) is 5.91 Å². The first-order chi connectivity index (χ1) is 38.0. The number of unbranched alkanes of at least 4 members (excludes halogenated alkanes) is 48. The number of aliphatic hydroxyl groups is 1.